The molecule has 1 amide bonds. The molecule has 0 radical (unpaired) electrons. The predicted molar refractivity (Wildman–Crippen MR) is 72.2 cm³/mol. The van der Waals surface area contributed by atoms with Gasteiger partial charge >= 0.3 is 0 Å². The molecule has 0 atom stereocenters. The number of fused-ring (bicyclic) bond motifs is 1. The lowest BCUT2D eigenvalue weighted by Gasteiger charge is -2.01. The predicted octanol–water partition coefficient (Wildman–Crippen LogP) is 2.19. The second kappa shape index (κ2) is 6.00. The van der Waals surface area contributed by atoms with Crippen molar-refractivity contribution < 1.29 is 4.79 Å². The average molecular weight is 243 g/mol. The summed E-state index contributed by atoms with van der Waals surface area (Å²) in [6.07, 6.45) is 3.69. The van der Waals surface area contributed by atoms with Crippen molar-refractivity contribution in [2.24, 2.45) is 0 Å². The Morgan fingerprint density at radius 2 is 2.28 bits per heavy atom. The first-order valence-electron chi connectivity index (χ1n) is 6.11. The van der Waals surface area contributed by atoms with Gasteiger partial charge in [-0.1, -0.05) is 18.2 Å². The third-order valence-corrected chi connectivity index (χ3v) is 2.70. The number of aromatic nitrogens is 2. The maximum atomic E-state index is 11.4. The number of nitrogens with one attached hydrogen (secondary N) is 2. The molecule has 2 N–H and O–H groups in total. The average Bonchev–Trinajstić information content (AvgIpc) is 2.79. The molecule has 1 aromatic heterocycles. The van der Waals surface area contributed by atoms with Crippen LogP contribution >= 0.6 is 0 Å². The molecule has 4 heteroatoms. The molecule has 0 unspecified atom stereocenters. The van der Waals surface area contributed by atoms with Crippen molar-refractivity contribution in [3.8, 4) is 0 Å². The fourth-order valence-electron chi connectivity index (χ4n) is 1.77. The first-order valence-corrected chi connectivity index (χ1v) is 6.11. The van der Waals surface area contributed by atoms with Crippen LogP contribution in [0.5, 0.6) is 0 Å². The van der Waals surface area contributed by atoms with E-state index in [2.05, 4.69) is 21.9 Å². The fourth-order valence-corrected chi connectivity index (χ4v) is 1.77. The molecule has 4 nitrogen and oxygen atoms in total. The molecule has 0 spiro atoms. The highest BCUT2D eigenvalue weighted by molar-refractivity contribution is 5.76. The zero-order chi connectivity index (χ0) is 12.8. The Morgan fingerprint density at radius 1 is 1.44 bits per heavy atom. The van der Waals surface area contributed by atoms with Gasteiger partial charge in [-0.2, -0.15) is 0 Å². The molecule has 0 bridgehead atoms. The van der Waals surface area contributed by atoms with Crippen LogP contribution in [0.25, 0.3) is 11.0 Å². The number of aromatic amines is 1. The van der Waals surface area contributed by atoms with Gasteiger partial charge in [-0.15, -0.1) is 6.58 Å². The summed E-state index contributed by atoms with van der Waals surface area (Å²) in [6, 6.07) is 7.90. The van der Waals surface area contributed by atoms with E-state index in [4.69, 9.17) is 0 Å². The fraction of sp³-hybridized carbons (Fsp3) is 0.286. The summed E-state index contributed by atoms with van der Waals surface area (Å²) >= 11 is 0. The third kappa shape index (κ3) is 3.20. The Bertz CT molecular complexity index is 512. The van der Waals surface area contributed by atoms with Crippen molar-refractivity contribution in [1.82, 2.24) is 15.3 Å². The quantitative estimate of drug-likeness (QED) is 0.764. The van der Waals surface area contributed by atoms with Crippen LogP contribution in [0.4, 0.5) is 0 Å². The molecule has 1 heterocycles. The number of para-hydroxylation sites is 2. The topological polar surface area (TPSA) is 57.8 Å². The van der Waals surface area contributed by atoms with Crippen molar-refractivity contribution in [2.45, 2.75) is 19.3 Å². The van der Waals surface area contributed by atoms with Crippen molar-refractivity contribution in [3.63, 3.8) is 0 Å². The standard InChI is InChI=1S/C14H17N3O/c1-2-3-8-14(18)15-10-9-13-16-11-6-4-5-7-12(11)17-13/h2,4-7H,1,3,8-10H2,(H,15,18)(H,16,17). The van der Waals surface area contributed by atoms with Crippen LogP contribution < -0.4 is 5.32 Å². The lowest BCUT2D eigenvalue weighted by atomic mass is 10.3. The second-order valence-electron chi connectivity index (χ2n) is 4.13. The maximum Gasteiger partial charge on any atom is 0.220 e. The summed E-state index contributed by atoms with van der Waals surface area (Å²) in [4.78, 5) is 19.1. The smallest absolute Gasteiger partial charge is 0.220 e. The van der Waals surface area contributed by atoms with E-state index in [-0.39, 0.29) is 5.91 Å². The van der Waals surface area contributed by atoms with E-state index in [1.165, 1.54) is 0 Å². The Balaban J connectivity index is 1.83. The van der Waals surface area contributed by atoms with E-state index < -0.39 is 0 Å². The number of imidazole rings is 1. The first-order chi connectivity index (χ1) is 8.79. The summed E-state index contributed by atoms with van der Waals surface area (Å²) in [5.41, 5.74) is 2.00. The Kier molecular flexibility index (Phi) is 4.12. The minimum atomic E-state index is 0.0611. The van der Waals surface area contributed by atoms with Gasteiger partial charge in [0, 0.05) is 19.4 Å². The molecule has 0 saturated carbocycles. The van der Waals surface area contributed by atoms with Crippen LogP contribution in [0.15, 0.2) is 36.9 Å². The van der Waals surface area contributed by atoms with Gasteiger partial charge in [-0.05, 0) is 18.6 Å². The van der Waals surface area contributed by atoms with E-state index in [0.29, 0.717) is 19.4 Å². The normalized spacial score (nSPS) is 10.4. The largest absolute Gasteiger partial charge is 0.356 e. The van der Waals surface area contributed by atoms with Gasteiger partial charge in [0.05, 0.1) is 11.0 Å². The summed E-state index contributed by atoms with van der Waals surface area (Å²) in [5.74, 6) is 0.964. The van der Waals surface area contributed by atoms with Crippen LogP contribution in [0.2, 0.25) is 0 Å². The lowest BCUT2D eigenvalue weighted by molar-refractivity contribution is -0.120. The summed E-state index contributed by atoms with van der Waals surface area (Å²) in [6.45, 7) is 4.20. The number of nitrogens with zero attached hydrogens (tertiary/aromatic N) is 1. The van der Waals surface area contributed by atoms with Crippen LogP contribution in [-0.4, -0.2) is 22.4 Å². The number of benzene rings is 1. The van der Waals surface area contributed by atoms with Crippen LogP contribution in [-0.2, 0) is 11.2 Å². The molecule has 0 saturated heterocycles. The highest BCUT2D eigenvalue weighted by Crippen LogP contribution is 2.10. The Morgan fingerprint density at radius 3 is 3.06 bits per heavy atom. The molecule has 18 heavy (non-hydrogen) atoms. The SMILES string of the molecule is C=CCCC(=O)NCCc1nc2ccccc2[nH]1. The van der Waals surface area contributed by atoms with E-state index in [9.17, 15) is 4.79 Å². The minimum Gasteiger partial charge on any atom is -0.356 e. The summed E-state index contributed by atoms with van der Waals surface area (Å²) in [5, 5.41) is 2.86. The molecule has 0 aliphatic carbocycles. The molecule has 0 aliphatic heterocycles. The van der Waals surface area contributed by atoms with Crippen LogP contribution in [0.1, 0.15) is 18.7 Å². The summed E-state index contributed by atoms with van der Waals surface area (Å²) < 4.78 is 0. The number of carbonyl (C=O) groups excluding carboxylic acids is 1. The van der Waals surface area contributed by atoms with Crippen molar-refractivity contribution in [3.05, 3.63) is 42.7 Å². The molecule has 94 valence electrons. The van der Waals surface area contributed by atoms with Gasteiger partial charge in [0.2, 0.25) is 5.91 Å². The third-order valence-electron chi connectivity index (χ3n) is 2.70. The highest BCUT2D eigenvalue weighted by atomic mass is 16.1. The minimum absolute atomic E-state index is 0.0611. The van der Waals surface area contributed by atoms with Gasteiger partial charge < -0.3 is 10.3 Å². The molecular formula is C14H17N3O. The first kappa shape index (κ1) is 12.4. The number of rotatable bonds is 6. The van der Waals surface area contributed by atoms with Crippen molar-refractivity contribution in [1.29, 1.82) is 0 Å². The zero-order valence-corrected chi connectivity index (χ0v) is 10.3. The second-order valence-corrected chi connectivity index (χ2v) is 4.13. The lowest BCUT2D eigenvalue weighted by Crippen LogP contribution is -2.25. The van der Waals surface area contributed by atoms with Crippen LogP contribution in [0.3, 0.4) is 0 Å². The van der Waals surface area contributed by atoms with E-state index in [1.54, 1.807) is 6.08 Å². The Labute approximate surface area is 106 Å². The number of hydrogen-bond acceptors (Lipinski definition) is 2. The van der Waals surface area contributed by atoms with Gasteiger partial charge in [0.1, 0.15) is 5.82 Å². The number of H-pyrrole nitrogens is 1. The molecule has 2 rings (SSSR count). The molecule has 1 aromatic carbocycles. The van der Waals surface area contributed by atoms with Crippen molar-refractivity contribution >= 4 is 16.9 Å². The number of hydrogen-bond donors (Lipinski definition) is 2. The zero-order valence-electron chi connectivity index (χ0n) is 10.3. The number of amides is 1. The van der Waals surface area contributed by atoms with Crippen LogP contribution in [0, 0.1) is 0 Å². The van der Waals surface area contributed by atoms with Crippen molar-refractivity contribution in [2.75, 3.05) is 6.54 Å². The highest BCUT2D eigenvalue weighted by Gasteiger charge is 2.03. The number of allylic oxidation sites excluding steroid dienone is 1. The summed E-state index contributed by atoms with van der Waals surface area (Å²) in [7, 11) is 0. The molecule has 0 aliphatic rings. The molecule has 2 aromatic rings. The molecule has 0 fully saturated rings. The van der Waals surface area contributed by atoms with E-state index in [1.807, 2.05) is 24.3 Å². The monoisotopic (exact) mass is 243 g/mol. The van der Waals surface area contributed by atoms with Gasteiger partial charge in [0.15, 0.2) is 0 Å². The van der Waals surface area contributed by atoms with Gasteiger partial charge in [-0.3, -0.25) is 4.79 Å². The molecular weight excluding hydrogens is 226 g/mol. The number of carbonyl (C=O) groups is 1. The maximum absolute atomic E-state index is 11.4. The Hall–Kier alpha value is -2.10. The van der Waals surface area contributed by atoms with E-state index >= 15 is 0 Å². The van der Waals surface area contributed by atoms with E-state index in [0.717, 1.165) is 23.3 Å². The van der Waals surface area contributed by atoms with Gasteiger partial charge in [-0.25, -0.2) is 4.98 Å². The van der Waals surface area contributed by atoms with Gasteiger partial charge in [0.25, 0.3) is 0 Å².